The SMILES string of the molecule is O=C(COC(=O)C=Cc1ccc(Cl)cc1Cl)NCc1ccco1. The fraction of sp³-hybridized carbons (Fsp3) is 0.125. The standard InChI is InChI=1S/C16H13Cl2NO4/c17-12-5-3-11(14(18)8-12)4-6-16(21)23-10-15(20)19-9-13-2-1-7-22-13/h1-8H,9-10H2,(H,19,20). The van der Waals surface area contributed by atoms with Crippen molar-refractivity contribution in [3.05, 3.63) is 64.0 Å². The molecule has 0 saturated carbocycles. The minimum absolute atomic E-state index is 0.236. The third kappa shape index (κ3) is 5.81. The number of esters is 1. The first-order valence-electron chi connectivity index (χ1n) is 6.63. The van der Waals surface area contributed by atoms with Gasteiger partial charge in [-0.05, 0) is 35.9 Å². The second kappa shape index (κ2) is 8.41. The molecular weight excluding hydrogens is 341 g/mol. The second-order valence-electron chi connectivity index (χ2n) is 4.46. The molecule has 1 N–H and O–H groups in total. The van der Waals surface area contributed by atoms with Gasteiger partial charge in [0.1, 0.15) is 5.76 Å². The number of furan rings is 1. The normalized spacial score (nSPS) is 10.7. The summed E-state index contributed by atoms with van der Waals surface area (Å²) in [5.74, 6) is -0.459. The monoisotopic (exact) mass is 353 g/mol. The maximum absolute atomic E-state index is 11.6. The van der Waals surface area contributed by atoms with Gasteiger partial charge >= 0.3 is 5.97 Å². The van der Waals surface area contributed by atoms with Crippen molar-refractivity contribution in [3.63, 3.8) is 0 Å². The molecule has 0 aliphatic carbocycles. The third-order valence-corrected chi connectivity index (χ3v) is 3.31. The van der Waals surface area contributed by atoms with Crippen LogP contribution in [0, 0.1) is 0 Å². The summed E-state index contributed by atoms with van der Waals surface area (Å²) in [7, 11) is 0. The average molecular weight is 354 g/mol. The zero-order chi connectivity index (χ0) is 16.7. The summed E-state index contributed by atoms with van der Waals surface area (Å²) >= 11 is 11.7. The minimum atomic E-state index is -0.649. The summed E-state index contributed by atoms with van der Waals surface area (Å²) in [6, 6.07) is 8.33. The van der Waals surface area contributed by atoms with E-state index in [4.69, 9.17) is 32.4 Å². The molecule has 0 bridgehead atoms. The summed E-state index contributed by atoms with van der Waals surface area (Å²) in [4.78, 5) is 23.1. The van der Waals surface area contributed by atoms with Gasteiger partial charge in [0.2, 0.25) is 0 Å². The van der Waals surface area contributed by atoms with Gasteiger partial charge in [-0.15, -0.1) is 0 Å². The zero-order valence-electron chi connectivity index (χ0n) is 11.9. The van der Waals surface area contributed by atoms with Gasteiger partial charge in [0.05, 0.1) is 12.8 Å². The Morgan fingerprint density at radius 2 is 2.09 bits per heavy atom. The summed E-state index contributed by atoms with van der Waals surface area (Å²) in [6.07, 6.45) is 4.19. The Labute approximate surface area is 142 Å². The van der Waals surface area contributed by atoms with E-state index in [9.17, 15) is 9.59 Å². The lowest BCUT2D eigenvalue weighted by Gasteiger charge is -2.03. The molecule has 0 fully saturated rings. The number of rotatable bonds is 6. The molecule has 0 spiro atoms. The molecular formula is C16H13Cl2NO4. The predicted molar refractivity (Wildman–Crippen MR) is 87.0 cm³/mol. The van der Waals surface area contributed by atoms with Gasteiger partial charge < -0.3 is 14.5 Å². The number of ether oxygens (including phenoxy) is 1. The largest absolute Gasteiger partial charge is 0.467 e. The number of nitrogens with one attached hydrogen (secondary N) is 1. The maximum Gasteiger partial charge on any atom is 0.331 e. The lowest BCUT2D eigenvalue weighted by atomic mass is 10.2. The van der Waals surface area contributed by atoms with Crippen molar-refractivity contribution in [2.45, 2.75) is 6.54 Å². The molecule has 1 heterocycles. The van der Waals surface area contributed by atoms with Crippen molar-refractivity contribution in [2.24, 2.45) is 0 Å². The van der Waals surface area contributed by atoms with Crippen LogP contribution >= 0.6 is 23.2 Å². The lowest BCUT2D eigenvalue weighted by molar-refractivity contribution is -0.143. The van der Waals surface area contributed by atoms with Crippen LogP contribution in [0.15, 0.2) is 47.1 Å². The van der Waals surface area contributed by atoms with E-state index in [1.165, 1.54) is 18.4 Å². The van der Waals surface area contributed by atoms with Crippen molar-refractivity contribution in [2.75, 3.05) is 6.61 Å². The summed E-state index contributed by atoms with van der Waals surface area (Å²) in [5, 5.41) is 3.48. The highest BCUT2D eigenvalue weighted by molar-refractivity contribution is 6.35. The van der Waals surface area contributed by atoms with Crippen LogP contribution in [0.3, 0.4) is 0 Å². The van der Waals surface area contributed by atoms with E-state index in [0.29, 0.717) is 21.4 Å². The summed E-state index contributed by atoms with van der Waals surface area (Å²) in [5.41, 5.74) is 0.621. The Morgan fingerprint density at radius 3 is 2.78 bits per heavy atom. The molecule has 1 amide bonds. The molecule has 2 aromatic rings. The summed E-state index contributed by atoms with van der Waals surface area (Å²) < 4.78 is 9.88. The van der Waals surface area contributed by atoms with E-state index in [-0.39, 0.29) is 13.2 Å². The number of amides is 1. The van der Waals surface area contributed by atoms with Gasteiger partial charge in [0.25, 0.3) is 5.91 Å². The zero-order valence-corrected chi connectivity index (χ0v) is 13.4. The molecule has 120 valence electrons. The van der Waals surface area contributed by atoms with Crippen LogP contribution in [0.25, 0.3) is 6.08 Å². The van der Waals surface area contributed by atoms with Gasteiger partial charge in [-0.2, -0.15) is 0 Å². The van der Waals surface area contributed by atoms with E-state index in [1.807, 2.05) is 0 Å². The first-order valence-corrected chi connectivity index (χ1v) is 7.39. The number of hydrogen-bond donors (Lipinski definition) is 1. The molecule has 5 nitrogen and oxygen atoms in total. The Balaban J connectivity index is 1.75. The van der Waals surface area contributed by atoms with E-state index >= 15 is 0 Å². The van der Waals surface area contributed by atoms with Crippen molar-refractivity contribution in [1.82, 2.24) is 5.32 Å². The number of carbonyl (C=O) groups is 2. The number of benzene rings is 1. The first-order chi connectivity index (χ1) is 11.0. The van der Waals surface area contributed by atoms with E-state index < -0.39 is 11.9 Å². The van der Waals surface area contributed by atoms with Gasteiger partial charge in [0.15, 0.2) is 6.61 Å². The van der Waals surface area contributed by atoms with Gasteiger partial charge in [-0.3, -0.25) is 4.79 Å². The van der Waals surface area contributed by atoms with Crippen molar-refractivity contribution in [3.8, 4) is 0 Å². The quantitative estimate of drug-likeness (QED) is 0.637. The Morgan fingerprint density at radius 1 is 1.26 bits per heavy atom. The van der Waals surface area contributed by atoms with Crippen LogP contribution in [0.4, 0.5) is 0 Å². The molecule has 23 heavy (non-hydrogen) atoms. The van der Waals surface area contributed by atoms with Crippen molar-refractivity contribution < 1.29 is 18.7 Å². The van der Waals surface area contributed by atoms with Crippen LogP contribution in [-0.4, -0.2) is 18.5 Å². The van der Waals surface area contributed by atoms with E-state index in [2.05, 4.69) is 5.32 Å². The van der Waals surface area contributed by atoms with Crippen molar-refractivity contribution in [1.29, 1.82) is 0 Å². The highest BCUT2D eigenvalue weighted by atomic mass is 35.5. The minimum Gasteiger partial charge on any atom is -0.467 e. The van der Waals surface area contributed by atoms with Crippen LogP contribution in [0.1, 0.15) is 11.3 Å². The highest BCUT2D eigenvalue weighted by Gasteiger charge is 2.06. The van der Waals surface area contributed by atoms with Crippen LogP contribution in [-0.2, 0) is 20.9 Å². The maximum atomic E-state index is 11.6. The Bertz CT molecular complexity index is 711. The molecule has 2 rings (SSSR count). The fourth-order valence-corrected chi connectivity index (χ4v) is 2.10. The smallest absolute Gasteiger partial charge is 0.331 e. The van der Waals surface area contributed by atoms with Gasteiger partial charge in [-0.1, -0.05) is 29.3 Å². The lowest BCUT2D eigenvalue weighted by Crippen LogP contribution is -2.27. The van der Waals surface area contributed by atoms with Crippen LogP contribution in [0.5, 0.6) is 0 Å². The second-order valence-corrected chi connectivity index (χ2v) is 5.31. The molecule has 0 aliphatic rings. The summed E-state index contributed by atoms with van der Waals surface area (Å²) in [6.45, 7) is -0.141. The number of halogens is 2. The molecule has 1 aromatic carbocycles. The Hall–Kier alpha value is -2.24. The molecule has 0 aliphatic heterocycles. The predicted octanol–water partition coefficient (Wildman–Crippen LogP) is 3.46. The topological polar surface area (TPSA) is 68.5 Å². The fourth-order valence-electron chi connectivity index (χ4n) is 1.63. The number of hydrogen-bond acceptors (Lipinski definition) is 4. The van der Waals surface area contributed by atoms with E-state index in [0.717, 1.165) is 0 Å². The van der Waals surface area contributed by atoms with Gasteiger partial charge in [0, 0.05) is 16.1 Å². The number of carbonyl (C=O) groups excluding carboxylic acids is 2. The Kier molecular flexibility index (Phi) is 6.26. The third-order valence-electron chi connectivity index (χ3n) is 2.75. The highest BCUT2D eigenvalue weighted by Crippen LogP contribution is 2.21. The molecule has 0 saturated heterocycles. The van der Waals surface area contributed by atoms with Crippen molar-refractivity contribution >= 4 is 41.2 Å². The van der Waals surface area contributed by atoms with Crippen LogP contribution in [0.2, 0.25) is 10.0 Å². The average Bonchev–Trinajstić information content (AvgIpc) is 3.03. The molecule has 0 radical (unpaired) electrons. The molecule has 0 atom stereocenters. The van der Waals surface area contributed by atoms with Crippen LogP contribution < -0.4 is 5.32 Å². The van der Waals surface area contributed by atoms with Gasteiger partial charge in [-0.25, -0.2) is 4.79 Å². The first kappa shape index (κ1) is 17.1. The molecule has 0 unspecified atom stereocenters. The molecule has 7 heteroatoms. The van der Waals surface area contributed by atoms with E-state index in [1.54, 1.807) is 30.3 Å². The molecule has 1 aromatic heterocycles.